The highest BCUT2D eigenvalue weighted by Gasteiger charge is 2.12. The van der Waals surface area contributed by atoms with E-state index in [2.05, 4.69) is 15.9 Å². The molecule has 0 bridgehead atoms. The topological polar surface area (TPSA) is 57.9 Å². The fourth-order valence-corrected chi connectivity index (χ4v) is 3.22. The Bertz CT molecular complexity index is 445. The maximum Gasteiger partial charge on any atom is 0.179 e. The van der Waals surface area contributed by atoms with E-state index >= 15 is 0 Å². The maximum absolute atomic E-state index is 11.5. The van der Waals surface area contributed by atoms with Gasteiger partial charge in [-0.15, -0.1) is 0 Å². The van der Waals surface area contributed by atoms with Crippen LogP contribution >= 0.6 is 15.9 Å². The Morgan fingerprint density at radius 1 is 1.29 bits per heavy atom. The summed E-state index contributed by atoms with van der Waals surface area (Å²) in [5.74, 6) is 0.0684. The molecule has 3 nitrogen and oxygen atoms in total. The van der Waals surface area contributed by atoms with Crippen molar-refractivity contribution in [3.63, 3.8) is 0 Å². The lowest BCUT2D eigenvalue weighted by Gasteiger charge is -2.01. The van der Waals surface area contributed by atoms with Crippen LogP contribution in [-0.2, 0) is 9.84 Å². The van der Waals surface area contributed by atoms with Gasteiger partial charge in [0.2, 0.25) is 0 Å². The molecule has 0 aliphatic heterocycles. The van der Waals surface area contributed by atoms with Crippen LogP contribution in [0.5, 0.6) is 0 Å². The first-order valence-corrected chi connectivity index (χ1v) is 6.66. The summed E-state index contributed by atoms with van der Waals surface area (Å²) in [4.78, 5) is 0.260. The van der Waals surface area contributed by atoms with Gasteiger partial charge in [0.05, 0.1) is 22.3 Å². The van der Waals surface area contributed by atoms with E-state index in [0.29, 0.717) is 10.9 Å². The van der Waals surface area contributed by atoms with E-state index in [9.17, 15) is 8.42 Å². The minimum atomic E-state index is -3.19. The average molecular weight is 274 g/mol. The van der Waals surface area contributed by atoms with Gasteiger partial charge in [0.1, 0.15) is 0 Å². The molecule has 0 aromatic heterocycles. The second kappa shape index (κ2) is 4.58. The van der Waals surface area contributed by atoms with Gasteiger partial charge < -0.3 is 0 Å². The normalized spacial score (nSPS) is 10.9. The largest absolute Gasteiger partial charge is 0.224 e. The number of nitriles is 1. The van der Waals surface area contributed by atoms with Crippen molar-refractivity contribution < 1.29 is 8.42 Å². The summed E-state index contributed by atoms with van der Waals surface area (Å²) < 4.78 is 23.0. The molecule has 0 saturated heterocycles. The van der Waals surface area contributed by atoms with Crippen LogP contribution in [-0.4, -0.2) is 19.5 Å². The molecule has 1 aromatic carbocycles. The van der Waals surface area contributed by atoms with Crippen LogP contribution in [0.25, 0.3) is 0 Å². The van der Waals surface area contributed by atoms with E-state index in [-0.39, 0.29) is 10.6 Å². The van der Waals surface area contributed by atoms with Gasteiger partial charge in [-0.05, 0) is 24.3 Å². The van der Waals surface area contributed by atoms with Crippen molar-refractivity contribution in [2.24, 2.45) is 0 Å². The fourth-order valence-electron chi connectivity index (χ4n) is 0.956. The number of hydrogen-bond acceptors (Lipinski definition) is 3. The zero-order valence-corrected chi connectivity index (χ0v) is 9.68. The van der Waals surface area contributed by atoms with Gasteiger partial charge in [-0.3, -0.25) is 0 Å². The minimum Gasteiger partial charge on any atom is -0.224 e. The molecule has 0 unspecified atom stereocenters. The molecule has 0 saturated carbocycles. The molecule has 5 heteroatoms. The Morgan fingerprint density at radius 3 is 2.29 bits per heavy atom. The first-order chi connectivity index (χ1) is 6.60. The van der Waals surface area contributed by atoms with Crippen molar-refractivity contribution in [3.8, 4) is 6.07 Å². The highest BCUT2D eigenvalue weighted by atomic mass is 79.9. The fraction of sp³-hybridized carbons (Fsp3) is 0.222. The van der Waals surface area contributed by atoms with Gasteiger partial charge in [-0.1, -0.05) is 15.9 Å². The zero-order valence-electron chi connectivity index (χ0n) is 7.27. The molecule has 74 valence electrons. The SMILES string of the molecule is N#Cc1ccc(S(=O)(=O)CCBr)cc1. The molecule has 14 heavy (non-hydrogen) atoms. The monoisotopic (exact) mass is 273 g/mol. The molecule has 0 fully saturated rings. The van der Waals surface area contributed by atoms with E-state index in [1.807, 2.05) is 6.07 Å². The summed E-state index contributed by atoms with van der Waals surface area (Å²) in [6.07, 6.45) is 0. The maximum atomic E-state index is 11.5. The minimum absolute atomic E-state index is 0.0684. The summed E-state index contributed by atoms with van der Waals surface area (Å²) in [6, 6.07) is 7.85. The predicted octanol–water partition coefficient (Wildman–Crippen LogP) is 1.73. The first kappa shape index (κ1) is 11.2. The van der Waals surface area contributed by atoms with Gasteiger partial charge in [-0.25, -0.2) is 8.42 Å². The molecule has 0 aliphatic carbocycles. The third kappa shape index (κ3) is 2.56. The number of halogens is 1. The Labute approximate surface area is 91.4 Å². The Morgan fingerprint density at radius 2 is 1.86 bits per heavy atom. The van der Waals surface area contributed by atoms with Gasteiger partial charge >= 0.3 is 0 Å². The summed E-state index contributed by atoms with van der Waals surface area (Å²) in [6.45, 7) is 0. The summed E-state index contributed by atoms with van der Waals surface area (Å²) in [5.41, 5.74) is 0.461. The van der Waals surface area contributed by atoms with E-state index in [0.717, 1.165) is 0 Å². The standard InChI is InChI=1S/C9H8BrNO2S/c10-5-6-14(12,13)9-3-1-8(7-11)2-4-9/h1-4H,5-6H2. The van der Waals surface area contributed by atoms with Crippen molar-refractivity contribution in [2.75, 3.05) is 11.1 Å². The number of sulfone groups is 1. The molecule has 0 radical (unpaired) electrons. The van der Waals surface area contributed by atoms with Gasteiger partial charge in [0.25, 0.3) is 0 Å². The second-order valence-corrected chi connectivity index (χ2v) is 5.55. The van der Waals surface area contributed by atoms with Gasteiger partial charge in [0, 0.05) is 5.33 Å². The van der Waals surface area contributed by atoms with E-state index in [1.165, 1.54) is 24.3 Å². The smallest absolute Gasteiger partial charge is 0.179 e. The van der Waals surface area contributed by atoms with E-state index in [1.54, 1.807) is 0 Å². The molecular weight excluding hydrogens is 266 g/mol. The number of rotatable bonds is 3. The van der Waals surface area contributed by atoms with Crippen LogP contribution in [0.2, 0.25) is 0 Å². The predicted molar refractivity (Wildman–Crippen MR) is 57.0 cm³/mol. The number of benzene rings is 1. The van der Waals surface area contributed by atoms with E-state index in [4.69, 9.17) is 5.26 Å². The molecule has 0 N–H and O–H groups in total. The average Bonchev–Trinajstić information content (AvgIpc) is 2.18. The Balaban J connectivity index is 3.05. The molecule has 0 atom stereocenters. The lowest BCUT2D eigenvalue weighted by atomic mass is 10.2. The van der Waals surface area contributed by atoms with Crippen LogP contribution < -0.4 is 0 Å². The van der Waals surface area contributed by atoms with Crippen molar-refractivity contribution in [2.45, 2.75) is 4.90 Å². The highest BCUT2D eigenvalue weighted by Crippen LogP contribution is 2.12. The van der Waals surface area contributed by atoms with Crippen LogP contribution in [0.1, 0.15) is 5.56 Å². The van der Waals surface area contributed by atoms with Crippen molar-refractivity contribution in [1.29, 1.82) is 5.26 Å². The lowest BCUT2D eigenvalue weighted by Crippen LogP contribution is -2.07. The second-order valence-electron chi connectivity index (χ2n) is 2.64. The Kier molecular flexibility index (Phi) is 3.67. The molecular formula is C9H8BrNO2S. The summed E-state index contributed by atoms with van der Waals surface area (Å²) >= 11 is 3.08. The van der Waals surface area contributed by atoms with Crippen molar-refractivity contribution in [3.05, 3.63) is 29.8 Å². The van der Waals surface area contributed by atoms with Crippen LogP contribution in [0, 0.1) is 11.3 Å². The van der Waals surface area contributed by atoms with Crippen LogP contribution in [0.4, 0.5) is 0 Å². The Hall–Kier alpha value is -0.860. The van der Waals surface area contributed by atoms with Crippen molar-refractivity contribution >= 4 is 25.8 Å². The summed E-state index contributed by atoms with van der Waals surface area (Å²) in [7, 11) is -3.19. The number of nitrogens with zero attached hydrogens (tertiary/aromatic N) is 1. The molecule has 0 heterocycles. The molecule has 0 amide bonds. The van der Waals surface area contributed by atoms with Crippen molar-refractivity contribution in [1.82, 2.24) is 0 Å². The van der Waals surface area contributed by atoms with Crippen LogP contribution in [0.15, 0.2) is 29.2 Å². The summed E-state index contributed by atoms with van der Waals surface area (Å²) in [5, 5.41) is 8.94. The van der Waals surface area contributed by atoms with Gasteiger partial charge in [-0.2, -0.15) is 5.26 Å². The third-order valence-electron chi connectivity index (χ3n) is 1.69. The highest BCUT2D eigenvalue weighted by molar-refractivity contribution is 9.09. The lowest BCUT2D eigenvalue weighted by molar-refractivity contribution is 0.597. The van der Waals surface area contributed by atoms with Gasteiger partial charge in [0.15, 0.2) is 9.84 Å². The molecule has 0 aliphatic rings. The molecule has 0 spiro atoms. The number of hydrogen-bond donors (Lipinski definition) is 0. The zero-order chi connectivity index (χ0) is 10.6. The van der Waals surface area contributed by atoms with Crippen LogP contribution in [0.3, 0.4) is 0 Å². The quantitative estimate of drug-likeness (QED) is 0.789. The molecule has 1 aromatic rings. The number of alkyl halides is 1. The first-order valence-electron chi connectivity index (χ1n) is 3.89. The molecule has 1 rings (SSSR count). The van der Waals surface area contributed by atoms with E-state index < -0.39 is 9.84 Å². The third-order valence-corrected chi connectivity index (χ3v) is 4.34.